The van der Waals surface area contributed by atoms with E-state index in [-0.39, 0.29) is 23.7 Å². The molecule has 11 heteroatoms. The van der Waals surface area contributed by atoms with E-state index in [1.54, 1.807) is 29.2 Å². The molecule has 2 heterocycles. The number of para-hydroxylation sites is 1. The van der Waals surface area contributed by atoms with Gasteiger partial charge in [0.25, 0.3) is 0 Å². The van der Waals surface area contributed by atoms with Crippen LogP contribution in [0.3, 0.4) is 0 Å². The lowest BCUT2D eigenvalue weighted by Gasteiger charge is -2.36. The van der Waals surface area contributed by atoms with Crippen LogP contribution in [0.1, 0.15) is 31.5 Å². The maximum Gasteiger partial charge on any atom is 0.410 e. The normalized spacial score (nSPS) is 13.9. The van der Waals surface area contributed by atoms with Crippen LogP contribution in [0, 0.1) is 5.82 Å². The van der Waals surface area contributed by atoms with Gasteiger partial charge in [0.2, 0.25) is 0 Å². The lowest BCUT2D eigenvalue weighted by atomic mass is 10.2. The average molecular weight is 483 g/mol. The Morgan fingerprint density at radius 2 is 1.69 bits per heavy atom. The summed E-state index contributed by atoms with van der Waals surface area (Å²) in [4.78, 5) is 28.6. The number of carbonyl (C=O) groups excluding carboxylic acids is 2. The molecule has 4 rings (SSSR count). The molecule has 35 heavy (non-hydrogen) atoms. The average Bonchev–Trinajstić information content (AvgIpc) is 3.29. The minimum Gasteiger partial charge on any atom is -0.444 e. The molecule has 1 saturated heterocycles. The van der Waals surface area contributed by atoms with Gasteiger partial charge in [-0.15, -0.1) is 5.10 Å². The highest BCUT2D eigenvalue weighted by Gasteiger charge is 2.26. The van der Waals surface area contributed by atoms with Gasteiger partial charge in [-0.05, 0) is 57.2 Å². The van der Waals surface area contributed by atoms with Crippen LogP contribution in [-0.4, -0.2) is 58.9 Å². The van der Waals surface area contributed by atoms with Gasteiger partial charge in [0, 0.05) is 37.6 Å². The second kappa shape index (κ2) is 10.00. The molecule has 0 bridgehead atoms. The summed E-state index contributed by atoms with van der Waals surface area (Å²) < 4.78 is 24.5. The molecule has 0 spiro atoms. The highest BCUT2D eigenvalue weighted by molar-refractivity contribution is 6.01. The molecule has 0 atom stereocenters. The largest absolute Gasteiger partial charge is 0.444 e. The smallest absolute Gasteiger partial charge is 0.410 e. The third-order valence-electron chi connectivity index (χ3n) is 5.16. The summed E-state index contributed by atoms with van der Waals surface area (Å²) in [7, 11) is 0. The van der Waals surface area contributed by atoms with Crippen LogP contribution in [0.15, 0.2) is 52.9 Å². The van der Waals surface area contributed by atoms with E-state index in [2.05, 4.69) is 25.7 Å². The number of carbonyl (C=O) groups is 2. The van der Waals surface area contributed by atoms with E-state index >= 15 is 0 Å². The highest BCUT2D eigenvalue weighted by Crippen LogP contribution is 2.22. The van der Waals surface area contributed by atoms with Gasteiger partial charge in [0.05, 0.1) is 5.69 Å². The van der Waals surface area contributed by atoms with Crippen LogP contribution in [0.2, 0.25) is 0 Å². The fraction of sp³-hybridized carbons (Fsp3) is 0.333. The monoisotopic (exact) mass is 482 g/mol. The summed E-state index contributed by atoms with van der Waals surface area (Å²) >= 11 is 0. The summed E-state index contributed by atoms with van der Waals surface area (Å²) in [6.07, 6.45) is -0.302. The minimum absolute atomic E-state index is 0.0962. The topological polar surface area (TPSA) is 113 Å². The molecule has 0 saturated carbocycles. The number of halogens is 1. The number of ether oxygens (including phenoxy) is 1. The number of hydrogen-bond acceptors (Lipinski definition) is 8. The van der Waals surface area contributed by atoms with Crippen molar-refractivity contribution in [3.63, 3.8) is 0 Å². The Morgan fingerprint density at radius 1 is 1.00 bits per heavy atom. The predicted molar refractivity (Wildman–Crippen MR) is 128 cm³/mol. The lowest BCUT2D eigenvalue weighted by Crippen LogP contribution is -2.50. The third kappa shape index (κ3) is 6.25. The first-order valence-corrected chi connectivity index (χ1v) is 11.2. The van der Waals surface area contributed by atoms with Crippen molar-refractivity contribution in [1.82, 2.24) is 15.1 Å². The summed E-state index contributed by atoms with van der Waals surface area (Å²) in [6, 6.07) is 13.2. The maximum atomic E-state index is 13.8. The van der Waals surface area contributed by atoms with E-state index in [0.717, 1.165) is 5.69 Å². The van der Waals surface area contributed by atoms with Crippen molar-refractivity contribution in [3.05, 3.63) is 60.2 Å². The van der Waals surface area contributed by atoms with Crippen molar-refractivity contribution in [3.8, 4) is 0 Å². The van der Waals surface area contributed by atoms with Crippen LogP contribution in [0.25, 0.3) is 0 Å². The number of amides is 2. The van der Waals surface area contributed by atoms with Crippen molar-refractivity contribution >= 4 is 35.1 Å². The number of piperazine rings is 1. The molecule has 3 aromatic rings. The Labute approximate surface area is 202 Å². The summed E-state index contributed by atoms with van der Waals surface area (Å²) in [5.74, 6) is -1.33. The number of rotatable bonds is 5. The Bertz CT molecular complexity index is 1180. The Hall–Kier alpha value is -4.15. The molecule has 1 aliphatic rings. The lowest BCUT2D eigenvalue weighted by molar-refractivity contribution is 0.0240. The van der Waals surface area contributed by atoms with Gasteiger partial charge in [0.1, 0.15) is 11.4 Å². The van der Waals surface area contributed by atoms with Crippen LogP contribution in [0.4, 0.5) is 32.3 Å². The van der Waals surface area contributed by atoms with Crippen LogP contribution in [0.5, 0.6) is 0 Å². The van der Waals surface area contributed by atoms with E-state index in [1.807, 2.05) is 32.9 Å². The molecule has 10 nitrogen and oxygen atoms in total. The molecule has 1 aliphatic heterocycles. The molecule has 1 aromatic heterocycles. The van der Waals surface area contributed by atoms with Crippen molar-refractivity contribution in [1.29, 1.82) is 0 Å². The van der Waals surface area contributed by atoms with Gasteiger partial charge in [-0.25, -0.2) is 9.18 Å². The minimum atomic E-state index is -0.585. The van der Waals surface area contributed by atoms with E-state index in [1.165, 1.54) is 12.1 Å². The summed E-state index contributed by atoms with van der Waals surface area (Å²) in [6.45, 7) is 8.02. The second-order valence-electron chi connectivity index (χ2n) is 8.97. The molecular formula is C24H27FN6O4. The third-order valence-corrected chi connectivity index (χ3v) is 5.16. The number of hydrogen-bond donors (Lipinski definition) is 2. The van der Waals surface area contributed by atoms with E-state index in [0.29, 0.717) is 31.9 Å². The zero-order valence-electron chi connectivity index (χ0n) is 19.7. The number of nitrogens with one attached hydrogen (secondary N) is 2. The summed E-state index contributed by atoms with van der Waals surface area (Å²) in [5.41, 5.74) is 1.16. The molecule has 2 aromatic carbocycles. The first kappa shape index (κ1) is 24.0. The second-order valence-corrected chi connectivity index (χ2v) is 8.97. The summed E-state index contributed by atoms with van der Waals surface area (Å²) in [5, 5.41) is 12.8. The molecular weight excluding hydrogens is 455 g/mol. The number of anilines is 4. The zero-order chi connectivity index (χ0) is 25.0. The Kier molecular flexibility index (Phi) is 6.85. The van der Waals surface area contributed by atoms with Crippen molar-refractivity contribution in [2.24, 2.45) is 0 Å². The molecule has 0 unspecified atom stereocenters. The van der Waals surface area contributed by atoms with Crippen molar-refractivity contribution in [2.45, 2.75) is 26.4 Å². The van der Waals surface area contributed by atoms with Gasteiger partial charge >= 0.3 is 23.9 Å². The number of benzene rings is 2. The van der Waals surface area contributed by atoms with E-state index in [9.17, 15) is 14.0 Å². The molecule has 184 valence electrons. The van der Waals surface area contributed by atoms with Gasteiger partial charge < -0.3 is 29.6 Å². The standard InChI is InChI=1S/C24H27FN6O4/c1-24(2,3)35-23(33)31-14-12-30(13-15-31)17-10-8-16(9-11-17)26-20(32)21-28-29-22(34-21)27-19-7-5-4-6-18(19)25/h4-11H,12-15H2,1-3H3,(H,26,32)(H,27,29). The maximum absolute atomic E-state index is 13.8. The van der Waals surface area contributed by atoms with E-state index < -0.39 is 17.3 Å². The fourth-order valence-electron chi connectivity index (χ4n) is 3.46. The van der Waals surface area contributed by atoms with Crippen LogP contribution in [-0.2, 0) is 4.74 Å². The first-order valence-electron chi connectivity index (χ1n) is 11.2. The van der Waals surface area contributed by atoms with Gasteiger partial charge in [-0.2, -0.15) is 0 Å². The van der Waals surface area contributed by atoms with Crippen LogP contribution >= 0.6 is 0 Å². The van der Waals surface area contributed by atoms with Crippen LogP contribution < -0.4 is 15.5 Å². The first-order chi connectivity index (χ1) is 16.7. The highest BCUT2D eigenvalue weighted by atomic mass is 19.1. The molecule has 0 aliphatic carbocycles. The quantitative estimate of drug-likeness (QED) is 0.555. The molecule has 0 radical (unpaired) electrons. The molecule has 1 fully saturated rings. The molecule has 2 amide bonds. The Balaban J connectivity index is 1.30. The Morgan fingerprint density at radius 3 is 2.34 bits per heavy atom. The number of aromatic nitrogens is 2. The SMILES string of the molecule is CC(C)(C)OC(=O)N1CCN(c2ccc(NC(=O)c3nnc(Nc4ccccc4F)o3)cc2)CC1. The van der Waals surface area contributed by atoms with Crippen molar-refractivity contribution in [2.75, 3.05) is 41.7 Å². The van der Waals surface area contributed by atoms with E-state index in [4.69, 9.17) is 9.15 Å². The van der Waals surface area contributed by atoms with Gasteiger partial charge in [-0.1, -0.05) is 17.2 Å². The zero-order valence-corrected chi connectivity index (χ0v) is 19.7. The number of nitrogens with zero attached hydrogens (tertiary/aromatic N) is 4. The van der Waals surface area contributed by atoms with Gasteiger partial charge in [0.15, 0.2) is 0 Å². The predicted octanol–water partition coefficient (Wildman–Crippen LogP) is 4.26. The van der Waals surface area contributed by atoms with Gasteiger partial charge in [-0.3, -0.25) is 4.79 Å². The molecule has 2 N–H and O–H groups in total. The fourth-order valence-corrected chi connectivity index (χ4v) is 3.46. The van der Waals surface area contributed by atoms with Crippen molar-refractivity contribution < 1.29 is 23.1 Å².